The lowest BCUT2D eigenvalue weighted by Gasteiger charge is -2.16. The molecule has 2 fully saturated rings. The number of rotatable bonds is 2. The third-order valence-electron chi connectivity index (χ3n) is 4.15. The van der Waals surface area contributed by atoms with Crippen molar-refractivity contribution in [2.24, 2.45) is 11.8 Å². The largest absolute Gasteiger partial charge is 0.303 e. The van der Waals surface area contributed by atoms with Crippen molar-refractivity contribution in [2.45, 2.75) is 19.8 Å². The zero-order valence-electron chi connectivity index (χ0n) is 9.78. The van der Waals surface area contributed by atoms with Crippen LogP contribution in [-0.2, 0) is 0 Å². The molecule has 2 heterocycles. The summed E-state index contributed by atoms with van der Waals surface area (Å²) in [6, 6.07) is 1.68. The minimum absolute atomic E-state index is 0.158. The first-order valence-electron chi connectivity index (χ1n) is 6.05. The van der Waals surface area contributed by atoms with Gasteiger partial charge in [0, 0.05) is 19.3 Å². The average Bonchev–Trinajstić information content (AvgIpc) is 2.78. The van der Waals surface area contributed by atoms with Gasteiger partial charge in [0.25, 0.3) is 0 Å². The number of nitrogens with zero attached hydrogens (tertiary/aromatic N) is 2. The Morgan fingerprint density at radius 2 is 2.12 bits per heavy atom. The van der Waals surface area contributed by atoms with Gasteiger partial charge in [-0.1, -0.05) is 6.92 Å². The Morgan fingerprint density at radius 1 is 1.44 bits per heavy atom. The van der Waals surface area contributed by atoms with Crippen LogP contribution in [0.2, 0.25) is 0 Å². The quantitative estimate of drug-likeness (QED) is 0.759. The van der Waals surface area contributed by atoms with E-state index >= 15 is 0 Å². The van der Waals surface area contributed by atoms with Gasteiger partial charge in [-0.25, -0.2) is 4.39 Å². The van der Waals surface area contributed by atoms with Gasteiger partial charge in [0.1, 0.15) is 5.82 Å². The fraction of sp³-hybridized carbons (Fsp3) is 0.615. The molecule has 1 aromatic heterocycles. The molecule has 3 heteroatoms. The van der Waals surface area contributed by atoms with Crippen LogP contribution in [0.3, 0.4) is 0 Å². The maximum atomic E-state index is 13.4. The Hall–Kier alpha value is -0.960. The Bertz CT molecular complexity index is 406. The van der Waals surface area contributed by atoms with E-state index in [4.69, 9.17) is 0 Å². The number of aromatic nitrogens is 1. The van der Waals surface area contributed by atoms with Crippen LogP contribution in [0.1, 0.15) is 24.1 Å². The standard InChI is InChI=1S/C13H17FN2/c1-3-16-6-10-11(7-16)13(10)9-4-12(14)8(2)15-5-9/h4-5,10-11,13H,3,6-7H2,1-2H3. The highest BCUT2D eigenvalue weighted by Crippen LogP contribution is 2.57. The first kappa shape index (κ1) is 10.2. The van der Waals surface area contributed by atoms with E-state index in [1.54, 1.807) is 13.0 Å². The zero-order valence-corrected chi connectivity index (χ0v) is 9.78. The van der Waals surface area contributed by atoms with E-state index < -0.39 is 0 Å². The molecule has 86 valence electrons. The molecule has 1 aromatic rings. The Morgan fingerprint density at radius 3 is 2.69 bits per heavy atom. The van der Waals surface area contributed by atoms with Crippen molar-refractivity contribution in [1.29, 1.82) is 0 Å². The maximum Gasteiger partial charge on any atom is 0.144 e. The van der Waals surface area contributed by atoms with Crippen LogP contribution in [-0.4, -0.2) is 29.5 Å². The van der Waals surface area contributed by atoms with Gasteiger partial charge < -0.3 is 4.90 Å². The maximum absolute atomic E-state index is 13.4. The second-order valence-corrected chi connectivity index (χ2v) is 5.04. The number of halogens is 1. The van der Waals surface area contributed by atoms with E-state index in [-0.39, 0.29) is 5.82 Å². The minimum Gasteiger partial charge on any atom is -0.303 e. The highest BCUT2D eigenvalue weighted by atomic mass is 19.1. The Labute approximate surface area is 95.5 Å². The van der Waals surface area contributed by atoms with Crippen LogP contribution in [0.25, 0.3) is 0 Å². The van der Waals surface area contributed by atoms with Crippen molar-refractivity contribution in [1.82, 2.24) is 9.88 Å². The van der Waals surface area contributed by atoms with E-state index in [9.17, 15) is 4.39 Å². The third-order valence-corrected chi connectivity index (χ3v) is 4.15. The fourth-order valence-corrected chi connectivity index (χ4v) is 3.07. The summed E-state index contributed by atoms with van der Waals surface area (Å²) in [7, 11) is 0. The smallest absolute Gasteiger partial charge is 0.144 e. The van der Waals surface area contributed by atoms with E-state index in [1.165, 1.54) is 13.1 Å². The summed E-state index contributed by atoms with van der Waals surface area (Å²) in [5.74, 6) is 1.92. The molecule has 1 saturated heterocycles. The molecule has 1 aliphatic heterocycles. The topological polar surface area (TPSA) is 16.1 Å². The number of piperidine rings is 1. The average molecular weight is 220 g/mol. The van der Waals surface area contributed by atoms with Gasteiger partial charge in [0.15, 0.2) is 0 Å². The van der Waals surface area contributed by atoms with Crippen LogP contribution in [0, 0.1) is 24.6 Å². The van der Waals surface area contributed by atoms with E-state index in [0.29, 0.717) is 11.6 Å². The van der Waals surface area contributed by atoms with Gasteiger partial charge in [0.2, 0.25) is 0 Å². The lowest BCUT2D eigenvalue weighted by molar-refractivity contribution is 0.314. The molecule has 0 aromatic carbocycles. The Balaban J connectivity index is 1.75. The van der Waals surface area contributed by atoms with Crippen molar-refractivity contribution in [2.75, 3.05) is 19.6 Å². The molecule has 2 atom stereocenters. The number of likely N-dealkylation sites (tertiary alicyclic amines) is 1. The molecule has 1 aliphatic carbocycles. The van der Waals surface area contributed by atoms with Crippen molar-refractivity contribution in [3.05, 3.63) is 29.3 Å². The predicted molar refractivity (Wildman–Crippen MR) is 60.8 cm³/mol. The summed E-state index contributed by atoms with van der Waals surface area (Å²) >= 11 is 0. The molecule has 0 radical (unpaired) electrons. The zero-order chi connectivity index (χ0) is 11.3. The Kier molecular flexibility index (Phi) is 2.25. The lowest BCUT2D eigenvalue weighted by atomic mass is 10.1. The molecule has 3 rings (SSSR count). The van der Waals surface area contributed by atoms with Crippen molar-refractivity contribution < 1.29 is 4.39 Å². The number of hydrogen-bond acceptors (Lipinski definition) is 2. The van der Waals surface area contributed by atoms with Crippen molar-refractivity contribution in [3.63, 3.8) is 0 Å². The third kappa shape index (κ3) is 1.46. The molecule has 2 aliphatic rings. The summed E-state index contributed by atoms with van der Waals surface area (Å²) in [5, 5.41) is 0. The van der Waals surface area contributed by atoms with Gasteiger partial charge in [-0.3, -0.25) is 4.98 Å². The molecule has 2 nitrogen and oxygen atoms in total. The summed E-state index contributed by atoms with van der Waals surface area (Å²) in [6.45, 7) is 7.42. The number of fused-ring (bicyclic) bond motifs is 1. The van der Waals surface area contributed by atoms with Crippen LogP contribution < -0.4 is 0 Å². The number of hydrogen-bond donors (Lipinski definition) is 0. The van der Waals surface area contributed by atoms with Gasteiger partial charge in [-0.15, -0.1) is 0 Å². The normalized spacial score (nSPS) is 32.8. The lowest BCUT2D eigenvalue weighted by Crippen LogP contribution is -2.23. The second-order valence-electron chi connectivity index (χ2n) is 5.04. The summed E-state index contributed by atoms with van der Waals surface area (Å²) < 4.78 is 13.4. The first-order chi connectivity index (χ1) is 7.70. The van der Waals surface area contributed by atoms with E-state index in [0.717, 1.165) is 23.9 Å². The molecule has 2 unspecified atom stereocenters. The highest BCUT2D eigenvalue weighted by Gasteiger charge is 2.55. The van der Waals surface area contributed by atoms with Crippen LogP contribution >= 0.6 is 0 Å². The molecule has 16 heavy (non-hydrogen) atoms. The van der Waals surface area contributed by atoms with Gasteiger partial charge >= 0.3 is 0 Å². The number of pyridine rings is 1. The highest BCUT2D eigenvalue weighted by molar-refractivity contribution is 5.29. The summed E-state index contributed by atoms with van der Waals surface area (Å²) in [6.07, 6.45) is 1.86. The van der Waals surface area contributed by atoms with Crippen LogP contribution in [0.15, 0.2) is 12.3 Å². The fourth-order valence-electron chi connectivity index (χ4n) is 3.07. The molecule has 1 saturated carbocycles. The molecule has 0 amide bonds. The monoisotopic (exact) mass is 220 g/mol. The van der Waals surface area contributed by atoms with Crippen LogP contribution in [0.5, 0.6) is 0 Å². The molecule has 0 spiro atoms. The van der Waals surface area contributed by atoms with Crippen LogP contribution in [0.4, 0.5) is 4.39 Å². The minimum atomic E-state index is -0.158. The van der Waals surface area contributed by atoms with Gasteiger partial charge in [-0.2, -0.15) is 0 Å². The van der Waals surface area contributed by atoms with Gasteiger partial charge in [-0.05, 0) is 42.9 Å². The predicted octanol–water partition coefficient (Wildman–Crippen LogP) is 2.19. The van der Waals surface area contributed by atoms with Crippen molar-refractivity contribution >= 4 is 0 Å². The molecule has 0 N–H and O–H groups in total. The van der Waals surface area contributed by atoms with Crippen molar-refractivity contribution in [3.8, 4) is 0 Å². The molecular formula is C13H17FN2. The molecular weight excluding hydrogens is 203 g/mol. The summed E-state index contributed by atoms with van der Waals surface area (Å²) in [4.78, 5) is 6.59. The van der Waals surface area contributed by atoms with Gasteiger partial charge in [0.05, 0.1) is 5.69 Å². The molecule has 0 bridgehead atoms. The number of aryl methyl sites for hydroxylation is 1. The second kappa shape index (κ2) is 3.52. The first-order valence-corrected chi connectivity index (χ1v) is 6.05. The SMILES string of the molecule is CCN1CC2C(C1)C2c1cnc(C)c(F)c1. The summed E-state index contributed by atoms with van der Waals surface area (Å²) in [5.41, 5.74) is 1.61. The van der Waals surface area contributed by atoms with E-state index in [2.05, 4.69) is 16.8 Å². The van der Waals surface area contributed by atoms with E-state index in [1.807, 2.05) is 6.20 Å².